The van der Waals surface area contributed by atoms with Crippen LogP contribution < -0.4 is 0 Å². The van der Waals surface area contributed by atoms with Gasteiger partial charge in [-0.15, -0.1) is 0 Å². The summed E-state index contributed by atoms with van der Waals surface area (Å²) in [5.41, 5.74) is -0.217. The lowest BCUT2D eigenvalue weighted by atomic mass is 9.94. The van der Waals surface area contributed by atoms with Crippen molar-refractivity contribution < 1.29 is 19.8 Å². The van der Waals surface area contributed by atoms with Crippen LogP contribution in [0.5, 0.6) is 0 Å². The van der Waals surface area contributed by atoms with Gasteiger partial charge in [-0.2, -0.15) is 0 Å². The highest BCUT2D eigenvalue weighted by Crippen LogP contribution is 2.19. The van der Waals surface area contributed by atoms with Crippen molar-refractivity contribution in [2.24, 2.45) is 5.92 Å². The number of aliphatic carboxylic acids is 2. The fourth-order valence-corrected chi connectivity index (χ4v) is 2.84. The molecular weight excluding hydrogens is 316 g/mol. The molecule has 0 unspecified atom stereocenters. The molecule has 0 aromatic rings. The second kappa shape index (κ2) is 15.9. The number of allylic oxidation sites excluding steroid dienone is 2. The molecule has 4 nitrogen and oxygen atoms in total. The largest absolute Gasteiger partial charge is 0.481 e. The van der Waals surface area contributed by atoms with Gasteiger partial charge in [0.1, 0.15) is 0 Å². The quantitative estimate of drug-likeness (QED) is 0.192. The predicted molar refractivity (Wildman–Crippen MR) is 103 cm³/mol. The molecule has 1 atom stereocenters. The van der Waals surface area contributed by atoms with Crippen LogP contribution in [0.25, 0.3) is 0 Å². The molecule has 0 aliphatic rings. The molecule has 0 saturated heterocycles. The monoisotopic (exact) mass is 352 g/mol. The van der Waals surface area contributed by atoms with Crippen LogP contribution >= 0.6 is 0 Å². The summed E-state index contributed by atoms with van der Waals surface area (Å²) in [5.74, 6) is -3.28. The molecule has 0 aromatic carbocycles. The van der Waals surface area contributed by atoms with E-state index in [2.05, 4.69) is 25.7 Å². The van der Waals surface area contributed by atoms with E-state index in [1.54, 1.807) is 0 Å². The Labute approximate surface area is 153 Å². The van der Waals surface area contributed by atoms with Crippen molar-refractivity contribution >= 4 is 11.9 Å². The molecule has 25 heavy (non-hydrogen) atoms. The smallest absolute Gasteiger partial charge is 0.331 e. The number of unbranched alkanes of at least 4 members (excludes halogenated alkanes) is 10. The SMILES string of the molecule is C=C(C(=O)O)[C@H](CCCCCC/C=C/CCCCCCCC)C(=O)O. The molecule has 0 rings (SSSR count). The summed E-state index contributed by atoms with van der Waals surface area (Å²) < 4.78 is 0. The number of carbonyl (C=O) groups is 2. The normalized spacial score (nSPS) is 12.4. The molecule has 2 N–H and O–H groups in total. The number of hydrogen-bond donors (Lipinski definition) is 2. The number of carboxylic acid groups (broad SMARTS) is 2. The molecule has 0 saturated carbocycles. The Morgan fingerprint density at radius 1 is 0.840 bits per heavy atom. The van der Waals surface area contributed by atoms with Crippen molar-refractivity contribution in [2.45, 2.75) is 90.4 Å². The Balaban J connectivity index is 3.56. The number of rotatable bonds is 17. The van der Waals surface area contributed by atoms with Crippen LogP contribution in [0.3, 0.4) is 0 Å². The van der Waals surface area contributed by atoms with E-state index in [0.29, 0.717) is 6.42 Å². The fourth-order valence-electron chi connectivity index (χ4n) is 2.84. The van der Waals surface area contributed by atoms with Crippen molar-refractivity contribution in [3.05, 3.63) is 24.3 Å². The van der Waals surface area contributed by atoms with Gasteiger partial charge in [0, 0.05) is 5.57 Å². The maximum absolute atomic E-state index is 11.1. The van der Waals surface area contributed by atoms with Crippen LogP contribution in [0.2, 0.25) is 0 Å². The Hall–Kier alpha value is -1.58. The van der Waals surface area contributed by atoms with E-state index < -0.39 is 17.9 Å². The standard InChI is InChI=1S/C21H36O4/c1-3-4-5-6-7-8-9-10-11-12-13-14-15-16-17-19(21(24)25)18(2)20(22)23/h10-11,19H,2-9,12-17H2,1H3,(H,22,23)(H,24,25)/b11-10+/t19-/m0/s1. The molecule has 0 fully saturated rings. The Morgan fingerprint density at radius 3 is 1.80 bits per heavy atom. The van der Waals surface area contributed by atoms with Crippen LogP contribution in [0.4, 0.5) is 0 Å². The van der Waals surface area contributed by atoms with Gasteiger partial charge in [-0.05, 0) is 32.1 Å². The van der Waals surface area contributed by atoms with E-state index in [4.69, 9.17) is 10.2 Å². The Bertz CT molecular complexity index is 412. The second-order valence-corrected chi connectivity index (χ2v) is 6.74. The van der Waals surface area contributed by atoms with E-state index in [1.165, 1.54) is 44.9 Å². The van der Waals surface area contributed by atoms with Crippen molar-refractivity contribution in [3.63, 3.8) is 0 Å². The van der Waals surface area contributed by atoms with Gasteiger partial charge >= 0.3 is 11.9 Å². The van der Waals surface area contributed by atoms with Gasteiger partial charge in [-0.3, -0.25) is 4.79 Å². The molecule has 0 aliphatic carbocycles. The molecule has 144 valence electrons. The van der Waals surface area contributed by atoms with E-state index in [1.807, 2.05) is 0 Å². The third-order valence-electron chi connectivity index (χ3n) is 4.50. The van der Waals surface area contributed by atoms with Crippen molar-refractivity contribution in [3.8, 4) is 0 Å². The second-order valence-electron chi connectivity index (χ2n) is 6.74. The van der Waals surface area contributed by atoms with Crippen LogP contribution in [0.1, 0.15) is 90.4 Å². The molecular formula is C21H36O4. The maximum Gasteiger partial charge on any atom is 0.331 e. The van der Waals surface area contributed by atoms with Crippen molar-refractivity contribution in [1.29, 1.82) is 0 Å². The van der Waals surface area contributed by atoms with Gasteiger partial charge in [0.25, 0.3) is 0 Å². The van der Waals surface area contributed by atoms with Crippen LogP contribution in [0.15, 0.2) is 24.3 Å². The summed E-state index contributed by atoms with van der Waals surface area (Å²) in [4.78, 5) is 21.9. The highest BCUT2D eigenvalue weighted by Gasteiger charge is 2.24. The molecule has 0 radical (unpaired) electrons. The first kappa shape index (κ1) is 23.4. The molecule has 0 spiro atoms. The lowest BCUT2D eigenvalue weighted by Gasteiger charge is -2.11. The average Bonchev–Trinajstić information content (AvgIpc) is 2.57. The van der Waals surface area contributed by atoms with Gasteiger partial charge in [0.05, 0.1) is 5.92 Å². The Kier molecular flexibility index (Phi) is 14.9. The van der Waals surface area contributed by atoms with E-state index in [9.17, 15) is 9.59 Å². The minimum Gasteiger partial charge on any atom is -0.481 e. The van der Waals surface area contributed by atoms with E-state index >= 15 is 0 Å². The number of carboxylic acids is 2. The highest BCUT2D eigenvalue weighted by molar-refractivity contribution is 5.93. The van der Waals surface area contributed by atoms with E-state index in [0.717, 1.165) is 32.1 Å². The van der Waals surface area contributed by atoms with Crippen molar-refractivity contribution in [2.75, 3.05) is 0 Å². The summed E-state index contributed by atoms with van der Waals surface area (Å²) in [6, 6.07) is 0. The minimum atomic E-state index is -1.22. The molecule has 0 amide bonds. The molecule has 0 aliphatic heterocycles. The van der Waals surface area contributed by atoms with Gasteiger partial charge in [-0.25, -0.2) is 4.79 Å². The predicted octanol–water partition coefficient (Wildman–Crippen LogP) is 5.98. The highest BCUT2D eigenvalue weighted by atomic mass is 16.4. The molecule has 0 aromatic heterocycles. The van der Waals surface area contributed by atoms with E-state index in [-0.39, 0.29) is 5.57 Å². The zero-order valence-corrected chi connectivity index (χ0v) is 15.8. The van der Waals surface area contributed by atoms with Crippen LogP contribution in [-0.2, 0) is 9.59 Å². The number of hydrogen-bond acceptors (Lipinski definition) is 2. The van der Waals surface area contributed by atoms with Gasteiger partial charge in [0.15, 0.2) is 0 Å². The lowest BCUT2D eigenvalue weighted by molar-refractivity contribution is -0.144. The first-order valence-corrected chi connectivity index (χ1v) is 9.80. The van der Waals surface area contributed by atoms with Gasteiger partial charge in [-0.1, -0.05) is 77.0 Å². The minimum absolute atomic E-state index is 0.217. The van der Waals surface area contributed by atoms with Crippen LogP contribution in [-0.4, -0.2) is 22.2 Å². The third-order valence-corrected chi connectivity index (χ3v) is 4.50. The third kappa shape index (κ3) is 13.4. The molecule has 0 bridgehead atoms. The summed E-state index contributed by atoms with van der Waals surface area (Å²) in [7, 11) is 0. The summed E-state index contributed by atoms with van der Waals surface area (Å²) >= 11 is 0. The van der Waals surface area contributed by atoms with Gasteiger partial charge in [0.2, 0.25) is 0 Å². The van der Waals surface area contributed by atoms with Crippen molar-refractivity contribution in [1.82, 2.24) is 0 Å². The first-order valence-electron chi connectivity index (χ1n) is 9.80. The maximum atomic E-state index is 11.1. The van der Waals surface area contributed by atoms with Gasteiger partial charge < -0.3 is 10.2 Å². The summed E-state index contributed by atoms with van der Waals surface area (Å²) in [5, 5.41) is 17.9. The summed E-state index contributed by atoms with van der Waals surface area (Å²) in [6.45, 7) is 5.61. The zero-order chi connectivity index (χ0) is 18.9. The van der Waals surface area contributed by atoms with Crippen LogP contribution in [0, 0.1) is 5.92 Å². The fraction of sp³-hybridized carbons (Fsp3) is 0.714. The molecule has 4 heteroatoms. The Morgan fingerprint density at radius 2 is 1.32 bits per heavy atom. The average molecular weight is 353 g/mol. The summed E-state index contributed by atoms with van der Waals surface area (Å²) in [6.07, 6.45) is 18.9. The lowest BCUT2D eigenvalue weighted by Crippen LogP contribution is -2.20. The zero-order valence-electron chi connectivity index (χ0n) is 15.8. The first-order chi connectivity index (χ1) is 12.0. The molecule has 0 heterocycles. The topological polar surface area (TPSA) is 74.6 Å².